The maximum absolute atomic E-state index is 13.3. The van der Waals surface area contributed by atoms with E-state index in [4.69, 9.17) is 0 Å². The molecular weight excluding hydrogens is 237 g/mol. The fourth-order valence-electron chi connectivity index (χ4n) is 1.28. The Hall–Kier alpha value is -1.50. The quantitative estimate of drug-likeness (QED) is 0.603. The summed E-state index contributed by atoms with van der Waals surface area (Å²) in [6.07, 6.45) is 0. The third-order valence-electron chi connectivity index (χ3n) is 2.15. The van der Waals surface area contributed by atoms with Crippen molar-refractivity contribution in [3.63, 3.8) is 0 Å². The van der Waals surface area contributed by atoms with Crippen LogP contribution in [0.5, 0.6) is 0 Å². The number of nitro groups is 1. The second-order valence-corrected chi connectivity index (χ2v) is 5.51. The highest BCUT2D eigenvalue weighted by atomic mass is 32.2. The molecule has 0 aliphatic rings. The van der Waals surface area contributed by atoms with Crippen LogP contribution >= 0.6 is 0 Å². The van der Waals surface area contributed by atoms with E-state index in [1.807, 2.05) is 0 Å². The van der Waals surface area contributed by atoms with Crippen LogP contribution in [0.25, 0.3) is 0 Å². The fourth-order valence-corrected chi connectivity index (χ4v) is 2.26. The molecule has 0 atom stereocenters. The third kappa shape index (κ3) is 2.19. The maximum Gasteiger partial charge on any atom is 0.307 e. The number of nitrogens with zero attached hydrogens (tertiary/aromatic N) is 1. The molecule has 0 saturated heterocycles. The summed E-state index contributed by atoms with van der Waals surface area (Å²) in [6.45, 7) is 2.72. The van der Waals surface area contributed by atoms with E-state index in [0.29, 0.717) is 6.07 Å². The summed E-state index contributed by atoms with van der Waals surface area (Å²) in [5.41, 5.74) is -0.688. The molecule has 1 rings (SSSR count). The van der Waals surface area contributed by atoms with Crippen LogP contribution in [0.2, 0.25) is 0 Å². The van der Waals surface area contributed by atoms with Crippen LogP contribution in [0.4, 0.5) is 10.1 Å². The van der Waals surface area contributed by atoms with Gasteiger partial charge in [0.25, 0.3) is 0 Å². The Morgan fingerprint density at radius 3 is 2.38 bits per heavy atom. The van der Waals surface area contributed by atoms with Gasteiger partial charge in [-0.15, -0.1) is 0 Å². The second kappa shape index (κ2) is 4.17. The standard InChI is InChI=1S/C9H10FNO4S/c1-3-16(14,15)7-4-6(2)9(11(12)13)8(10)5-7/h4-5H,3H2,1-2H3. The molecule has 1 aromatic rings. The number of aryl methyl sites for hydroxylation is 1. The van der Waals surface area contributed by atoms with Crippen LogP contribution in [0.1, 0.15) is 12.5 Å². The number of halogens is 1. The van der Waals surface area contributed by atoms with E-state index in [-0.39, 0.29) is 16.2 Å². The highest BCUT2D eigenvalue weighted by molar-refractivity contribution is 7.91. The fraction of sp³-hybridized carbons (Fsp3) is 0.333. The first-order chi connectivity index (χ1) is 7.29. The van der Waals surface area contributed by atoms with Gasteiger partial charge >= 0.3 is 5.69 Å². The van der Waals surface area contributed by atoms with Crippen LogP contribution in [-0.2, 0) is 9.84 Å². The Labute approximate surface area is 92.0 Å². The lowest BCUT2D eigenvalue weighted by Crippen LogP contribution is -2.06. The molecule has 0 N–H and O–H groups in total. The van der Waals surface area contributed by atoms with Crippen molar-refractivity contribution in [2.24, 2.45) is 0 Å². The van der Waals surface area contributed by atoms with Crippen molar-refractivity contribution in [1.29, 1.82) is 0 Å². The molecule has 0 amide bonds. The maximum atomic E-state index is 13.3. The van der Waals surface area contributed by atoms with Gasteiger partial charge in [0.2, 0.25) is 5.82 Å². The minimum absolute atomic E-state index is 0.00275. The Morgan fingerprint density at radius 1 is 1.44 bits per heavy atom. The zero-order chi connectivity index (χ0) is 12.5. The highest BCUT2D eigenvalue weighted by Crippen LogP contribution is 2.26. The summed E-state index contributed by atoms with van der Waals surface area (Å²) in [5.74, 6) is -1.30. The summed E-state index contributed by atoms with van der Waals surface area (Å²) in [7, 11) is -3.55. The van der Waals surface area contributed by atoms with Crippen molar-refractivity contribution < 1.29 is 17.7 Å². The lowest BCUT2D eigenvalue weighted by molar-refractivity contribution is -0.388. The molecule has 16 heavy (non-hydrogen) atoms. The molecule has 0 bridgehead atoms. The van der Waals surface area contributed by atoms with Gasteiger partial charge < -0.3 is 0 Å². The number of hydrogen-bond donors (Lipinski definition) is 0. The number of nitro benzene ring substituents is 1. The van der Waals surface area contributed by atoms with Gasteiger partial charge in [-0.05, 0) is 19.1 Å². The monoisotopic (exact) mass is 247 g/mol. The Bertz CT molecular complexity index is 515. The van der Waals surface area contributed by atoms with E-state index >= 15 is 0 Å². The molecule has 0 saturated carbocycles. The average molecular weight is 247 g/mol. The lowest BCUT2D eigenvalue weighted by atomic mass is 10.2. The zero-order valence-electron chi connectivity index (χ0n) is 8.73. The minimum Gasteiger partial charge on any atom is -0.258 e. The predicted octanol–water partition coefficient (Wildman–Crippen LogP) is 1.84. The second-order valence-electron chi connectivity index (χ2n) is 3.23. The summed E-state index contributed by atoms with van der Waals surface area (Å²) in [4.78, 5) is 9.39. The molecular formula is C9H10FNO4S. The molecule has 0 aliphatic heterocycles. The molecule has 7 heteroatoms. The highest BCUT2D eigenvalue weighted by Gasteiger charge is 2.22. The molecule has 88 valence electrons. The molecule has 1 aromatic carbocycles. The van der Waals surface area contributed by atoms with E-state index in [0.717, 1.165) is 6.07 Å². The first-order valence-electron chi connectivity index (χ1n) is 4.47. The molecule has 0 radical (unpaired) electrons. The topological polar surface area (TPSA) is 77.3 Å². The Balaban J connectivity index is 3.48. The zero-order valence-corrected chi connectivity index (χ0v) is 9.54. The van der Waals surface area contributed by atoms with Crippen molar-refractivity contribution in [2.75, 3.05) is 5.75 Å². The third-order valence-corrected chi connectivity index (χ3v) is 3.86. The Kier molecular flexibility index (Phi) is 3.27. The summed E-state index contributed by atoms with van der Waals surface area (Å²) in [6, 6.07) is 1.80. The molecule has 0 aromatic heterocycles. The number of sulfone groups is 1. The normalized spacial score (nSPS) is 11.4. The molecule has 0 unspecified atom stereocenters. The van der Waals surface area contributed by atoms with Crippen LogP contribution in [0.15, 0.2) is 17.0 Å². The Morgan fingerprint density at radius 2 is 2.00 bits per heavy atom. The van der Waals surface area contributed by atoms with Crippen molar-refractivity contribution >= 4 is 15.5 Å². The van der Waals surface area contributed by atoms with Gasteiger partial charge in [0, 0.05) is 5.56 Å². The van der Waals surface area contributed by atoms with Crippen LogP contribution < -0.4 is 0 Å². The summed E-state index contributed by atoms with van der Waals surface area (Å²) < 4.78 is 36.2. The van der Waals surface area contributed by atoms with Crippen LogP contribution in [0.3, 0.4) is 0 Å². The van der Waals surface area contributed by atoms with E-state index in [1.165, 1.54) is 13.8 Å². The first-order valence-corrected chi connectivity index (χ1v) is 6.12. The van der Waals surface area contributed by atoms with Crippen molar-refractivity contribution in [1.82, 2.24) is 0 Å². The van der Waals surface area contributed by atoms with Gasteiger partial charge in [-0.2, -0.15) is 4.39 Å². The van der Waals surface area contributed by atoms with Crippen LogP contribution in [0, 0.1) is 22.9 Å². The first kappa shape index (κ1) is 12.6. The predicted molar refractivity (Wildman–Crippen MR) is 55.5 cm³/mol. The van der Waals surface area contributed by atoms with Gasteiger partial charge in [0.05, 0.1) is 15.6 Å². The molecule has 0 heterocycles. The number of hydrogen-bond acceptors (Lipinski definition) is 4. The van der Waals surface area contributed by atoms with E-state index in [1.54, 1.807) is 0 Å². The largest absolute Gasteiger partial charge is 0.307 e. The van der Waals surface area contributed by atoms with E-state index in [9.17, 15) is 22.9 Å². The summed E-state index contributed by atoms with van der Waals surface area (Å²) >= 11 is 0. The van der Waals surface area contributed by atoms with Gasteiger partial charge in [-0.1, -0.05) is 6.92 Å². The van der Waals surface area contributed by atoms with Gasteiger partial charge in [0.15, 0.2) is 9.84 Å². The lowest BCUT2D eigenvalue weighted by Gasteiger charge is -2.04. The average Bonchev–Trinajstić information content (AvgIpc) is 2.15. The molecule has 0 spiro atoms. The van der Waals surface area contributed by atoms with Gasteiger partial charge in [-0.3, -0.25) is 10.1 Å². The van der Waals surface area contributed by atoms with Gasteiger partial charge in [-0.25, -0.2) is 8.42 Å². The number of benzene rings is 1. The summed E-state index contributed by atoms with van der Waals surface area (Å²) in [5, 5.41) is 10.5. The molecule has 0 aliphatic carbocycles. The smallest absolute Gasteiger partial charge is 0.258 e. The van der Waals surface area contributed by atoms with Crippen molar-refractivity contribution in [3.8, 4) is 0 Å². The van der Waals surface area contributed by atoms with Crippen molar-refractivity contribution in [3.05, 3.63) is 33.6 Å². The van der Waals surface area contributed by atoms with E-state index in [2.05, 4.69) is 0 Å². The SMILES string of the molecule is CCS(=O)(=O)c1cc(C)c([N+](=O)[O-])c(F)c1. The minimum atomic E-state index is -3.55. The van der Waals surface area contributed by atoms with E-state index < -0.39 is 26.3 Å². The number of rotatable bonds is 3. The molecule has 5 nitrogen and oxygen atoms in total. The van der Waals surface area contributed by atoms with Gasteiger partial charge in [0.1, 0.15) is 0 Å². The van der Waals surface area contributed by atoms with Crippen LogP contribution in [-0.4, -0.2) is 19.1 Å². The van der Waals surface area contributed by atoms with Crippen molar-refractivity contribution in [2.45, 2.75) is 18.7 Å². The molecule has 0 fully saturated rings.